The number of nitrogens with zero attached hydrogens (tertiary/aromatic N) is 3. The van der Waals surface area contributed by atoms with Crippen molar-refractivity contribution in [2.75, 3.05) is 29.5 Å². The van der Waals surface area contributed by atoms with Gasteiger partial charge in [-0.25, -0.2) is 0 Å². The first-order chi connectivity index (χ1) is 22.5. The van der Waals surface area contributed by atoms with Gasteiger partial charge in [-0.1, -0.05) is 67.6 Å². The Morgan fingerprint density at radius 3 is 2.32 bits per heavy atom. The highest BCUT2D eigenvalue weighted by Gasteiger charge is 2.66. The number of carbonyl (C=O) groups excluding carboxylic acids is 3. The Morgan fingerprint density at radius 1 is 1.00 bits per heavy atom. The molecule has 3 heterocycles. The zero-order chi connectivity index (χ0) is 33.3. The number of carbonyl (C=O) groups is 3. The van der Waals surface area contributed by atoms with Crippen LogP contribution in [0.3, 0.4) is 0 Å². The number of benzene rings is 3. The maximum Gasteiger partial charge on any atom is 0.264 e. The van der Waals surface area contributed by atoms with Gasteiger partial charge in [0.2, 0.25) is 11.8 Å². The molecule has 0 aliphatic carbocycles. The lowest BCUT2D eigenvalue weighted by Crippen LogP contribution is -2.46. The number of anilines is 2. The molecular weight excluding hydrogens is 611 g/mol. The van der Waals surface area contributed by atoms with Gasteiger partial charge in [-0.05, 0) is 55.3 Å². The van der Waals surface area contributed by atoms with Gasteiger partial charge in [0.25, 0.3) is 5.91 Å². The molecule has 0 aromatic heterocycles. The van der Waals surface area contributed by atoms with E-state index in [1.807, 2.05) is 98.9 Å². The van der Waals surface area contributed by atoms with E-state index in [1.165, 1.54) is 0 Å². The van der Waals surface area contributed by atoms with Crippen molar-refractivity contribution in [2.24, 2.45) is 5.92 Å². The molecule has 9 nitrogen and oxygen atoms in total. The third-order valence-electron chi connectivity index (χ3n) is 10.1. The Labute approximate surface area is 277 Å². The number of hydrogen-bond donors (Lipinski definition) is 2. The van der Waals surface area contributed by atoms with Crippen molar-refractivity contribution in [1.82, 2.24) is 4.90 Å². The summed E-state index contributed by atoms with van der Waals surface area (Å²) >= 11 is 0. The molecule has 3 aromatic carbocycles. The highest BCUT2D eigenvalue weighted by Crippen LogP contribution is 2.60. The molecule has 0 unspecified atom stereocenters. The lowest BCUT2D eigenvalue weighted by molar-refractivity contribution is -0.150. The quantitative estimate of drug-likeness (QED) is 0.299. The molecule has 248 valence electrons. The third-order valence-corrected chi connectivity index (χ3v) is 12.6. The van der Waals surface area contributed by atoms with Crippen LogP contribution in [-0.4, -0.2) is 66.6 Å². The lowest BCUT2D eigenvalue weighted by atomic mass is 9.82. The molecule has 2 saturated heterocycles. The van der Waals surface area contributed by atoms with E-state index in [2.05, 4.69) is 0 Å². The van der Waals surface area contributed by atoms with E-state index >= 15 is 0 Å². The SMILES string of the molecule is C[C@@H]1[C@@H]([Si](C)(C)O)[C@H](CC(=O)N(CCO)Cc2ccccc2)O[C@@]12C(=O)N(Cc1ccccc1)c1ccc(N3CCCCC3=O)cc12. The lowest BCUT2D eigenvalue weighted by Gasteiger charge is -2.33. The maximum atomic E-state index is 14.9. The predicted molar refractivity (Wildman–Crippen MR) is 183 cm³/mol. The van der Waals surface area contributed by atoms with Gasteiger partial charge >= 0.3 is 0 Å². The van der Waals surface area contributed by atoms with Crippen molar-refractivity contribution in [3.05, 3.63) is 95.6 Å². The number of aliphatic hydroxyl groups is 1. The van der Waals surface area contributed by atoms with Gasteiger partial charge in [-0.2, -0.15) is 0 Å². The summed E-state index contributed by atoms with van der Waals surface area (Å²) in [5.41, 5.74) is 2.15. The molecule has 0 radical (unpaired) electrons. The van der Waals surface area contributed by atoms with Crippen molar-refractivity contribution in [3.8, 4) is 0 Å². The molecule has 3 aromatic rings. The van der Waals surface area contributed by atoms with E-state index in [1.54, 1.807) is 14.7 Å². The molecule has 2 fully saturated rings. The number of aliphatic hydroxyl groups excluding tert-OH is 1. The van der Waals surface area contributed by atoms with Gasteiger partial charge in [0.15, 0.2) is 13.9 Å². The molecule has 4 atom stereocenters. The van der Waals surface area contributed by atoms with E-state index in [0.29, 0.717) is 37.3 Å². The molecule has 2 N–H and O–H groups in total. The zero-order valence-corrected chi connectivity index (χ0v) is 28.5. The van der Waals surface area contributed by atoms with Crippen LogP contribution >= 0.6 is 0 Å². The highest BCUT2D eigenvalue weighted by atomic mass is 28.4. The zero-order valence-electron chi connectivity index (χ0n) is 27.5. The minimum absolute atomic E-state index is 0.0355. The minimum atomic E-state index is -3.02. The molecule has 0 saturated carbocycles. The first-order valence-corrected chi connectivity index (χ1v) is 19.7. The maximum absolute atomic E-state index is 14.9. The Balaban J connectivity index is 1.40. The van der Waals surface area contributed by atoms with Gasteiger partial charge < -0.3 is 29.3 Å². The topological polar surface area (TPSA) is 111 Å². The van der Waals surface area contributed by atoms with E-state index < -0.39 is 31.5 Å². The summed E-state index contributed by atoms with van der Waals surface area (Å²) in [4.78, 5) is 58.7. The monoisotopic (exact) mass is 655 g/mol. The second-order valence-corrected chi connectivity index (χ2v) is 17.6. The molecular formula is C37H45N3O6Si. The number of rotatable bonds is 10. The smallest absolute Gasteiger partial charge is 0.264 e. The third kappa shape index (κ3) is 6.27. The van der Waals surface area contributed by atoms with Crippen LogP contribution in [0, 0.1) is 5.92 Å². The summed E-state index contributed by atoms with van der Waals surface area (Å²) in [7, 11) is -3.02. The number of ether oxygens (including phenoxy) is 1. The van der Waals surface area contributed by atoms with Gasteiger partial charge in [0.1, 0.15) is 0 Å². The fourth-order valence-corrected chi connectivity index (χ4v) is 10.5. The van der Waals surface area contributed by atoms with Crippen LogP contribution in [0.2, 0.25) is 18.6 Å². The fraction of sp³-hybridized carbons (Fsp3) is 0.432. The van der Waals surface area contributed by atoms with Gasteiger partial charge in [0, 0.05) is 48.8 Å². The molecule has 3 aliphatic rings. The van der Waals surface area contributed by atoms with E-state index in [-0.39, 0.29) is 37.3 Å². The number of amides is 3. The largest absolute Gasteiger partial charge is 0.432 e. The summed E-state index contributed by atoms with van der Waals surface area (Å²) in [6, 6.07) is 25.1. The minimum Gasteiger partial charge on any atom is -0.432 e. The fourth-order valence-electron chi connectivity index (χ4n) is 7.95. The standard InChI is InChI=1S/C37H45N3O6Si/c1-26-35(47(2,3)45)32(23-34(43)38(20-21-41)24-27-12-6-4-7-13-27)46-37(26)30-22-29(39-19-11-10-16-33(39)42)17-18-31(30)40(36(37)44)25-28-14-8-5-9-15-28/h4-9,12-15,17-18,22,26,32,35,41,45H,10-11,16,19-21,23-25H2,1-3H3/t26-,32+,35-,37+/m1/s1. The van der Waals surface area contributed by atoms with E-state index in [4.69, 9.17) is 4.74 Å². The second-order valence-electron chi connectivity index (χ2n) is 13.7. The van der Waals surface area contributed by atoms with Crippen LogP contribution < -0.4 is 9.80 Å². The average Bonchev–Trinajstić information content (AvgIpc) is 3.48. The number of hydrogen-bond acceptors (Lipinski definition) is 6. The van der Waals surface area contributed by atoms with Crippen LogP contribution in [0.25, 0.3) is 0 Å². The van der Waals surface area contributed by atoms with Gasteiger partial charge in [-0.15, -0.1) is 0 Å². The van der Waals surface area contributed by atoms with Crippen molar-refractivity contribution >= 4 is 37.4 Å². The molecule has 0 bridgehead atoms. The molecule has 10 heteroatoms. The molecule has 3 amide bonds. The van der Waals surface area contributed by atoms with Crippen molar-refractivity contribution in [2.45, 2.75) is 76.0 Å². The number of piperidine rings is 1. The number of fused-ring (bicyclic) bond motifs is 2. The normalized spacial score (nSPS) is 24.2. The Bertz CT molecular complexity index is 1610. The van der Waals surface area contributed by atoms with Crippen LogP contribution in [0.5, 0.6) is 0 Å². The first-order valence-electron chi connectivity index (χ1n) is 16.7. The van der Waals surface area contributed by atoms with Crippen molar-refractivity contribution in [1.29, 1.82) is 0 Å². The molecule has 47 heavy (non-hydrogen) atoms. The van der Waals surface area contributed by atoms with Crippen LogP contribution in [0.4, 0.5) is 11.4 Å². The summed E-state index contributed by atoms with van der Waals surface area (Å²) in [5, 5.41) is 9.83. The Hall–Kier alpha value is -3.83. The van der Waals surface area contributed by atoms with Crippen LogP contribution in [-0.2, 0) is 37.8 Å². The van der Waals surface area contributed by atoms with Gasteiger partial charge in [0.05, 0.1) is 31.4 Å². The van der Waals surface area contributed by atoms with Crippen molar-refractivity contribution in [3.63, 3.8) is 0 Å². The Kier molecular flexibility index (Phi) is 9.40. The Morgan fingerprint density at radius 2 is 1.68 bits per heavy atom. The average molecular weight is 656 g/mol. The molecule has 1 spiro atoms. The summed E-state index contributed by atoms with van der Waals surface area (Å²) in [6.07, 6.45) is 1.49. The predicted octanol–water partition coefficient (Wildman–Crippen LogP) is 4.96. The van der Waals surface area contributed by atoms with Crippen LogP contribution in [0.15, 0.2) is 78.9 Å². The van der Waals surface area contributed by atoms with Gasteiger partial charge in [-0.3, -0.25) is 14.4 Å². The summed E-state index contributed by atoms with van der Waals surface area (Å²) in [5.74, 6) is -0.823. The van der Waals surface area contributed by atoms with E-state index in [9.17, 15) is 24.3 Å². The molecule has 6 rings (SSSR count). The second kappa shape index (κ2) is 13.3. The van der Waals surface area contributed by atoms with E-state index in [0.717, 1.165) is 29.7 Å². The first kappa shape index (κ1) is 33.1. The summed E-state index contributed by atoms with van der Waals surface area (Å²) in [6.45, 7) is 6.89. The van der Waals surface area contributed by atoms with Crippen molar-refractivity contribution < 1.29 is 29.0 Å². The summed E-state index contributed by atoms with van der Waals surface area (Å²) < 4.78 is 6.96. The van der Waals surface area contributed by atoms with Crippen LogP contribution in [0.1, 0.15) is 49.3 Å². The highest BCUT2D eigenvalue weighted by molar-refractivity contribution is 6.71. The molecule has 3 aliphatic heterocycles.